The van der Waals surface area contributed by atoms with Gasteiger partial charge < -0.3 is 9.47 Å². The van der Waals surface area contributed by atoms with E-state index < -0.39 is 0 Å². The van der Waals surface area contributed by atoms with Gasteiger partial charge in [-0.05, 0) is 48.6 Å². The maximum Gasteiger partial charge on any atom is 0.122 e. The first kappa shape index (κ1) is 27.5. The Hall–Kier alpha value is -2.74. The van der Waals surface area contributed by atoms with E-state index in [4.69, 9.17) is 9.47 Å². The molecule has 0 N–H and O–H groups in total. The van der Waals surface area contributed by atoms with E-state index in [-0.39, 0.29) is 0 Å². The first-order valence-corrected chi connectivity index (χ1v) is 13.3. The van der Waals surface area contributed by atoms with Gasteiger partial charge in [-0.15, -0.1) is 0 Å². The van der Waals surface area contributed by atoms with Gasteiger partial charge in [0.25, 0.3) is 0 Å². The summed E-state index contributed by atoms with van der Waals surface area (Å²) in [5.41, 5.74) is 2.56. The van der Waals surface area contributed by atoms with Gasteiger partial charge in [-0.25, -0.2) is 0 Å². The molecule has 3 rings (SSSR count). The fraction of sp³-hybridized carbons (Fsp3) is 0.438. The number of hydrogen-bond donors (Lipinski definition) is 0. The van der Waals surface area contributed by atoms with E-state index in [0.717, 1.165) is 30.9 Å². The lowest BCUT2D eigenvalue weighted by Gasteiger charge is -2.11. The highest BCUT2D eigenvalue weighted by Crippen LogP contribution is 2.22. The van der Waals surface area contributed by atoms with E-state index in [2.05, 4.69) is 62.4 Å². The molecule has 0 aromatic heterocycles. The Morgan fingerprint density at radius 2 is 1.12 bits per heavy atom. The molecule has 184 valence electrons. The molecule has 0 unspecified atom stereocenters. The van der Waals surface area contributed by atoms with Crippen LogP contribution in [0.4, 0.5) is 0 Å². The van der Waals surface area contributed by atoms with Crippen LogP contribution in [-0.2, 0) is 13.0 Å². The summed E-state index contributed by atoms with van der Waals surface area (Å²) in [6.45, 7) is 5.95. The van der Waals surface area contributed by atoms with Crippen LogP contribution in [0.2, 0.25) is 0 Å². The van der Waals surface area contributed by atoms with Gasteiger partial charge in [-0.1, -0.05) is 126 Å². The maximum absolute atomic E-state index is 6.02. The lowest BCUT2D eigenvalue weighted by Crippen LogP contribution is -1.98. The molecule has 34 heavy (non-hydrogen) atoms. The molecule has 0 aliphatic carbocycles. The van der Waals surface area contributed by atoms with Gasteiger partial charge in [0.1, 0.15) is 18.1 Å². The zero-order valence-electron chi connectivity index (χ0n) is 21.4. The van der Waals surface area contributed by atoms with Crippen LogP contribution in [-0.4, -0.2) is 6.61 Å². The average molecular weight is 461 g/mol. The smallest absolute Gasteiger partial charge is 0.122 e. The Balaban J connectivity index is 0.000000287. The molecular weight excluding hydrogens is 416 g/mol. The van der Waals surface area contributed by atoms with Gasteiger partial charge in [0.05, 0.1) is 6.61 Å². The summed E-state index contributed by atoms with van der Waals surface area (Å²) in [4.78, 5) is 0. The summed E-state index contributed by atoms with van der Waals surface area (Å²) in [7, 11) is 0. The van der Waals surface area contributed by atoms with Crippen LogP contribution < -0.4 is 9.47 Å². The standard InChI is InChI=1S/C21H28O.C11H16O/c1-2-3-4-5-6-10-15-20-16-11-12-17-21(20)22-18-19-13-8-7-9-14-19;1-2-3-7-10-12-11-8-5-4-6-9-11/h7-9,11-14,16-17H,2-6,10,15,18H2,1H3;4-6,8-9H,2-3,7,10H2,1H3. The minimum atomic E-state index is 0.647. The Morgan fingerprint density at radius 3 is 1.85 bits per heavy atom. The van der Waals surface area contributed by atoms with E-state index in [1.165, 1.54) is 62.5 Å². The van der Waals surface area contributed by atoms with Crippen LogP contribution in [0.25, 0.3) is 0 Å². The first-order valence-electron chi connectivity index (χ1n) is 13.3. The molecule has 2 heteroatoms. The molecule has 0 heterocycles. The Bertz CT molecular complexity index is 845. The van der Waals surface area contributed by atoms with Gasteiger partial charge in [0.15, 0.2) is 0 Å². The van der Waals surface area contributed by atoms with Crippen LogP contribution in [0, 0.1) is 0 Å². The van der Waals surface area contributed by atoms with Gasteiger partial charge in [0.2, 0.25) is 0 Å². The lowest BCUT2D eigenvalue weighted by molar-refractivity contribution is 0.302. The maximum atomic E-state index is 6.02. The molecule has 2 nitrogen and oxygen atoms in total. The van der Waals surface area contributed by atoms with Crippen LogP contribution in [0.3, 0.4) is 0 Å². The van der Waals surface area contributed by atoms with Gasteiger partial charge in [0, 0.05) is 0 Å². The molecule has 0 aliphatic heterocycles. The topological polar surface area (TPSA) is 18.5 Å². The van der Waals surface area contributed by atoms with E-state index >= 15 is 0 Å². The minimum absolute atomic E-state index is 0.647. The number of benzene rings is 3. The van der Waals surface area contributed by atoms with Crippen molar-refractivity contribution in [3.63, 3.8) is 0 Å². The van der Waals surface area contributed by atoms with Crippen molar-refractivity contribution in [2.45, 2.75) is 84.7 Å². The molecule has 0 spiro atoms. The van der Waals surface area contributed by atoms with Crippen molar-refractivity contribution >= 4 is 0 Å². The second-order valence-electron chi connectivity index (χ2n) is 8.77. The van der Waals surface area contributed by atoms with E-state index in [1.54, 1.807) is 0 Å². The Morgan fingerprint density at radius 1 is 0.529 bits per heavy atom. The van der Waals surface area contributed by atoms with Crippen molar-refractivity contribution < 1.29 is 9.47 Å². The van der Waals surface area contributed by atoms with Crippen molar-refractivity contribution in [3.8, 4) is 11.5 Å². The molecule has 0 radical (unpaired) electrons. The highest BCUT2D eigenvalue weighted by atomic mass is 16.5. The second kappa shape index (κ2) is 18.7. The molecule has 0 bridgehead atoms. The fourth-order valence-corrected chi connectivity index (χ4v) is 3.74. The highest BCUT2D eigenvalue weighted by molar-refractivity contribution is 5.33. The van der Waals surface area contributed by atoms with E-state index in [9.17, 15) is 0 Å². The zero-order valence-corrected chi connectivity index (χ0v) is 21.4. The third kappa shape index (κ3) is 12.5. The Labute approximate surface area is 208 Å². The summed E-state index contributed by atoms with van der Waals surface area (Å²) < 4.78 is 11.5. The number of ether oxygens (including phenoxy) is 2. The van der Waals surface area contributed by atoms with Crippen molar-refractivity contribution in [2.24, 2.45) is 0 Å². The minimum Gasteiger partial charge on any atom is -0.494 e. The molecule has 0 atom stereocenters. The number of unbranched alkanes of at least 4 members (excludes halogenated alkanes) is 7. The molecule has 0 saturated carbocycles. The number of para-hydroxylation sites is 2. The summed E-state index contributed by atoms with van der Waals surface area (Å²) in [6.07, 6.45) is 12.8. The largest absolute Gasteiger partial charge is 0.494 e. The summed E-state index contributed by atoms with van der Waals surface area (Å²) in [5.74, 6) is 2.02. The molecule has 0 aliphatic rings. The summed E-state index contributed by atoms with van der Waals surface area (Å²) >= 11 is 0. The molecule has 0 saturated heterocycles. The number of hydrogen-bond acceptors (Lipinski definition) is 2. The monoisotopic (exact) mass is 460 g/mol. The predicted molar refractivity (Wildman–Crippen MR) is 146 cm³/mol. The van der Waals surface area contributed by atoms with Crippen LogP contribution in [0.1, 0.15) is 82.8 Å². The van der Waals surface area contributed by atoms with Gasteiger partial charge >= 0.3 is 0 Å². The normalized spacial score (nSPS) is 10.3. The molecule has 3 aromatic rings. The lowest BCUT2D eigenvalue weighted by atomic mass is 10.0. The third-order valence-electron chi connectivity index (χ3n) is 5.77. The summed E-state index contributed by atoms with van der Waals surface area (Å²) in [5, 5.41) is 0. The van der Waals surface area contributed by atoms with E-state index in [1.807, 2.05) is 36.4 Å². The van der Waals surface area contributed by atoms with Crippen molar-refractivity contribution in [1.82, 2.24) is 0 Å². The molecular formula is C32H44O2. The number of aryl methyl sites for hydroxylation is 1. The fourth-order valence-electron chi connectivity index (χ4n) is 3.74. The van der Waals surface area contributed by atoms with Crippen LogP contribution >= 0.6 is 0 Å². The second-order valence-corrected chi connectivity index (χ2v) is 8.77. The highest BCUT2D eigenvalue weighted by Gasteiger charge is 2.03. The first-order chi connectivity index (χ1) is 16.8. The molecule has 3 aromatic carbocycles. The third-order valence-corrected chi connectivity index (χ3v) is 5.77. The SMILES string of the molecule is CCCCCCCCc1ccccc1OCc1ccccc1.CCCCCOc1ccccc1. The van der Waals surface area contributed by atoms with Crippen molar-refractivity contribution in [3.05, 3.63) is 96.1 Å². The van der Waals surface area contributed by atoms with Gasteiger partial charge in [-0.3, -0.25) is 0 Å². The average Bonchev–Trinajstić information content (AvgIpc) is 2.90. The summed E-state index contributed by atoms with van der Waals surface area (Å²) in [6, 6.07) is 28.8. The Kier molecular flexibility index (Phi) is 15.1. The quantitative estimate of drug-likeness (QED) is 0.210. The van der Waals surface area contributed by atoms with Crippen LogP contribution in [0.15, 0.2) is 84.9 Å². The van der Waals surface area contributed by atoms with E-state index in [0.29, 0.717) is 6.61 Å². The van der Waals surface area contributed by atoms with Crippen molar-refractivity contribution in [1.29, 1.82) is 0 Å². The number of rotatable bonds is 15. The zero-order chi connectivity index (χ0) is 24.1. The molecule has 0 fully saturated rings. The molecule has 0 amide bonds. The van der Waals surface area contributed by atoms with Crippen LogP contribution in [0.5, 0.6) is 11.5 Å². The predicted octanol–water partition coefficient (Wildman–Crippen LogP) is 9.42. The van der Waals surface area contributed by atoms with Crippen molar-refractivity contribution in [2.75, 3.05) is 6.61 Å². The van der Waals surface area contributed by atoms with Gasteiger partial charge in [-0.2, -0.15) is 0 Å².